The number of hydrogen-bond acceptors (Lipinski definition) is 4. The lowest BCUT2D eigenvalue weighted by atomic mass is 9.48. The Morgan fingerprint density at radius 1 is 1.08 bits per heavy atom. The molecule has 0 unspecified atom stereocenters. The third-order valence-corrected chi connectivity index (χ3v) is 10.5. The molecule has 0 bridgehead atoms. The maximum Gasteiger partial charge on any atom is 0.166 e. The number of aliphatic hydroxyl groups excluding tert-OH is 1. The molecular formula is C22H32O2S2. The summed E-state index contributed by atoms with van der Waals surface area (Å²) in [5.74, 6) is 2.26. The van der Waals surface area contributed by atoms with E-state index in [1.54, 1.807) is 23.5 Å². The summed E-state index contributed by atoms with van der Waals surface area (Å²) < 4.78 is 1.24. The Balaban J connectivity index is 1.70. The van der Waals surface area contributed by atoms with Crippen LogP contribution in [-0.4, -0.2) is 29.5 Å². The fourth-order valence-electron chi connectivity index (χ4n) is 6.78. The number of ketones is 1. The molecule has 0 amide bonds. The molecule has 6 atom stereocenters. The van der Waals surface area contributed by atoms with Crippen LogP contribution in [0.4, 0.5) is 0 Å². The fraction of sp³-hybridized carbons (Fsp3) is 0.773. The maximum atomic E-state index is 13.4. The number of hydrogen-bond donors (Lipinski definition) is 1. The van der Waals surface area contributed by atoms with Crippen LogP contribution in [0.5, 0.6) is 0 Å². The van der Waals surface area contributed by atoms with E-state index < -0.39 is 0 Å². The summed E-state index contributed by atoms with van der Waals surface area (Å²) in [6.45, 7) is 4.71. The lowest BCUT2D eigenvalue weighted by Gasteiger charge is -2.56. The zero-order valence-corrected chi connectivity index (χ0v) is 18.1. The molecule has 0 aromatic heterocycles. The highest BCUT2D eigenvalue weighted by Gasteiger charge is 2.60. The Hall–Kier alpha value is -0.190. The van der Waals surface area contributed by atoms with Crippen LogP contribution in [0.15, 0.2) is 21.5 Å². The minimum Gasteiger partial charge on any atom is -0.393 e. The highest BCUT2D eigenvalue weighted by atomic mass is 32.2. The standard InChI is InChI=1S/C22H32O2S2/c1-21-9-7-14(23)11-13(21)5-6-15-17(21)8-10-22(2)18(15)12-16(19(22)24)20(25-3)26-4/h5,14-15,17-18,23H,6-12H2,1-4H3/t14-,15+,17-,18-,21-,22-/m0/s1. The summed E-state index contributed by atoms with van der Waals surface area (Å²) in [5, 5.41) is 10.1. The first-order valence-electron chi connectivity index (χ1n) is 10.1. The van der Waals surface area contributed by atoms with Crippen LogP contribution in [0.2, 0.25) is 0 Å². The average molecular weight is 393 g/mol. The van der Waals surface area contributed by atoms with Crippen molar-refractivity contribution in [3.63, 3.8) is 0 Å². The first-order chi connectivity index (χ1) is 12.3. The van der Waals surface area contributed by atoms with Gasteiger partial charge < -0.3 is 5.11 Å². The summed E-state index contributed by atoms with van der Waals surface area (Å²) >= 11 is 3.49. The number of Topliss-reactive ketones (excluding diaryl/α,β-unsaturated/α-hetero) is 1. The van der Waals surface area contributed by atoms with Crippen LogP contribution < -0.4 is 0 Å². The molecule has 0 spiro atoms. The van der Waals surface area contributed by atoms with E-state index in [0.717, 1.165) is 44.1 Å². The van der Waals surface area contributed by atoms with Gasteiger partial charge in [0.05, 0.1) is 6.10 Å². The van der Waals surface area contributed by atoms with Gasteiger partial charge in [-0.05, 0) is 80.6 Å². The molecule has 4 rings (SSSR count). The minimum absolute atomic E-state index is 0.145. The fourth-order valence-corrected chi connectivity index (χ4v) is 8.29. The van der Waals surface area contributed by atoms with Crippen LogP contribution in [-0.2, 0) is 4.79 Å². The van der Waals surface area contributed by atoms with Crippen LogP contribution in [0.3, 0.4) is 0 Å². The third-order valence-electron chi connectivity index (χ3n) is 8.30. The van der Waals surface area contributed by atoms with Crippen molar-refractivity contribution in [2.45, 2.75) is 64.9 Å². The van der Waals surface area contributed by atoms with Gasteiger partial charge in [0.25, 0.3) is 0 Å². The van der Waals surface area contributed by atoms with E-state index in [0.29, 0.717) is 23.5 Å². The summed E-state index contributed by atoms with van der Waals surface area (Å²) in [5.41, 5.74) is 2.73. The molecule has 0 radical (unpaired) electrons. The van der Waals surface area contributed by atoms with Crippen molar-refractivity contribution in [3.05, 3.63) is 21.5 Å². The summed E-state index contributed by atoms with van der Waals surface area (Å²) in [6.07, 6.45) is 13.7. The van der Waals surface area contributed by atoms with E-state index in [-0.39, 0.29) is 16.9 Å². The van der Waals surface area contributed by atoms with Gasteiger partial charge >= 0.3 is 0 Å². The number of allylic oxidation sites excluding steroid dienone is 2. The Kier molecular flexibility index (Phi) is 4.93. The zero-order chi connectivity index (χ0) is 18.7. The van der Waals surface area contributed by atoms with Crippen molar-refractivity contribution < 1.29 is 9.90 Å². The Labute approximate surface area is 166 Å². The molecule has 4 aliphatic carbocycles. The summed E-state index contributed by atoms with van der Waals surface area (Å²) in [7, 11) is 0. The Morgan fingerprint density at radius 2 is 1.77 bits per heavy atom. The Bertz CT molecular complexity index is 676. The first-order valence-corrected chi connectivity index (χ1v) is 12.5. The predicted octanol–water partition coefficient (Wildman–Crippen LogP) is 5.43. The molecule has 0 heterocycles. The van der Waals surface area contributed by atoms with Gasteiger partial charge in [-0.1, -0.05) is 25.5 Å². The molecule has 0 aromatic rings. The summed E-state index contributed by atoms with van der Waals surface area (Å²) in [6, 6.07) is 0. The molecule has 144 valence electrons. The van der Waals surface area contributed by atoms with Gasteiger partial charge in [-0.3, -0.25) is 4.79 Å². The second-order valence-corrected chi connectivity index (χ2v) is 11.2. The van der Waals surface area contributed by atoms with Crippen molar-refractivity contribution in [3.8, 4) is 0 Å². The van der Waals surface area contributed by atoms with Crippen LogP contribution in [0.1, 0.15) is 58.8 Å². The molecule has 3 saturated carbocycles. The van der Waals surface area contributed by atoms with Gasteiger partial charge in [-0.15, -0.1) is 23.5 Å². The molecule has 4 aliphatic rings. The van der Waals surface area contributed by atoms with E-state index in [1.165, 1.54) is 16.2 Å². The number of carbonyl (C=O) groups is 1. The average Bonchev–Trinajstić information content (AvgIpc) is 2.89. The quantitative estimate of drug-likeness (QED) is 0.502. The van der Waals surface area contributed by atoms with Crippen molar-refractivity contribution in [2.24, 2.45) is 28.6 Å². The van der Waals surface area contributed by atoms with E-state index in [1.807, 2.05) is 0 Å². The second kappa shape index (κ2) is 6.70. The van der Waals surface area contributed by atoms with Gasteiger partial charge in [0.1, 0.15) is 0 Å². The molecule has 3 fully saturated rings. The number of rotatable bonds is 2. The van der Waals surface area contributed by atoms with E-state index in [2.05, 4.69) is 32.4 Å². The van der Waals surface area contributed by atoms with Crippen molar-refractivity contribution >= 4 is 29.3 Å². The van der Waals surface area contributed by atoms with Crippen LogP contribution in [0, 0.1) is 28.6 Å². The van der Waals surface area contributed by atoms with Gasteiger partial charge in [0.2, 0.25) is 0 Å². The van der Waals surface area contributed by atoms with E-state index in [4.69, 9.17) is 0 Å². The number of thioether (sulfide) groups is 2. The molecule has 0 aliphatic heterocycles. The molecule has 1 N–H and O–H groups in total. The number of carbonyl (C=O) groups excluding carboxylic acids is 1. The lowest BCUT2D eigenvalue weighted by molar-refractivity contribution is -0.130. The van der Waals surface area contributed by atoms with E-state index >= 15 is 0 Å². The molecule has 0 saturated heterocycles. The topological polar surface area (TPSA) is 37.3 Å². The normalized spacial score (nSPS) is 44.9. The highest BCUT2D eigenvalue weighted by molar-refractivity contribution is 8.21. The van der Waals surface area contributed by atoms with E-state index in [9.17, 15) is 9.90 Å². The molecule has 0 aromatic carbocycles. The van der Waals surface area contributed by atoms with Gasteiger partial charge in [0.15, 0.2) is 5.78 Å². The molecular weight excluding hydrogens is 360 g/mol. The highest BCUT2D eigenvalue weighted by Crippen LogP contribution is 2.65. The maximum absolute atomic E-state index is 13.4. The van der Waals surface area contributed by atoms with Gasteiger partial charge in [-0.2, -0.15) is 0 Å². The second-order valence-electron chi connectivity index (χ2n) is 9.32. The molecule has 26 heavy (non-hydrogen) atoms. The van der Waals surface area contributed by atoms with Crippen molar-refractivity contribution in [1.82, 2.24) is 0 Å². The number of aliphatic hydroxyl groups is 1. The SMILES string of the molecule is CSC(SC)=C1C[C@H]2[C@@H]3CC=C4C[C@@H](O)CC[C@]4(C)[C@H]3CC[C@]2(C)C1=O. The van der Waals surface area contributed by atoms with Crippen molar-refractivity contribution in [1.29, 1.82) is 0 Å². The third kappa shape index (κ3) is 2.62. The summed E-state index contributed by atoms with van der Waals surface area (Å²) in [4.78, 5) is 13.4. The predicted molar refractivity (Wildman–Crippen MR) is 112 cm³/mol. The first kappa shape index (κ1) is 19.1. The van der Waals surface area contributed by atoms with Crippen LogP contribution >= 0.6 is 23.5 Å². The minimum atomic E-state index is -0.150. The largest absolute Gasteiger partial charge is 0.393 e. The van der Waals surface area contributed by atoms with Gasteiger partial charge in [0, 0.05) is 15.2 Å². The Morgan fingerprint density at radius 3 is 2.46 bits per heavy atom. The monoisotopic (exact) mass is 392 g/mol. The molecule has 2 nitrogen and oxygen atoms in total. The van der Waals surface area contributed by atoms with Crippen LogP contribution in [0.25, 0.3) is 0 Å². The number of fused-ring (bicyclic) bond motifs is 5. The molecule has 4 heteroatoms. The smallest absolute Gasteiger partial charge is 0.166 e. The zero-order valence-electron chi connectivity index (χ0n) is 16.5. The van der Waals surface area contributed by atoms with Gasteiger partial charge in [-0.25, -0.2) is 0 Å². The van der Waals surface area contributed by atoms with Crippen molar-refractivity contribution in [2.75, 3.05) is 12.5 Å². The lowest BCUT2D eigenvalue weighted by Crippen LogP contribution is -2.50.